The second kappa shape index (κ2) is 5.83. The highest BCUT2D eigenvalue weighted by Crippen LogP contribution is 2.20. The van der Waals surface area contributed by atoms with Crippen LogP contribution in [0.15, 0.2) is 0 Å². The van der Waals surface area contributed by atoms with Gasteiger partial charge in [-0.2, -0.15) is 0 Å². The largest absolute Gasteiger partial charge is 0.393 e. The Labute approximate surface area is 94.1 Å². The molecule has 1 aliphatic heterocycles. The van der Waals surface area contributed by atoms with Gasteiger partial charge >= 0.3 is 0 Å². The summed E-state index contributed by atoms with van der Waals surface area (Å²) < 4.78 is 0. The van der Waals surface area contributed by atoms with Gasteiger partial charge in [0.25, 0.3) is 0 Å². The lowest BCUT2D eigenvalue weighted by atomic mass is 10.1. The number of aliphatic hydroxyl groups is 1. The van der Waals surface area contributed by atoms with Crippen molar-refractivity contribution in [2.24, 2.45) is 5.92 Å². The summed E-state index contributed by atoms with van der Waals surface area (Å²) in [4.78, 5) is 4.86. The minimum atomic E-state index is -0.144. The standard InChI is InChI=1S/C12H26N2O/c1-10-8-14(7-5-6-11(2)15)9-12(10)13(3)4/h10-12,15H,5-9H2,1-4H3. The maximum atomic E-state index is 9.19. The fraction of sp³-hybridized carbons (Fsp3) is 1.00. The maximum absolute atomic E-state index is 9.19. The summed E-state index contributed by atoms with van der Waals surface area (Å²) >= 11 is 0. The third kappa shape index (κ3) is 4.09. The van der Waals surface area contributed by atoms with E-state index in [1.807, 2.05) is 6.92 Å². The fourth-order valence-electron chi connectivity index (χ4n) is 2.51. The predicted molar refractivity (Wildman–Crippen MR) is 64.0 cm³/mol. The minimum Gasteiger partial charge on any atom is -0.393 e. The van der Waals surface area contributed by atoms with Crippen molar-refractivity contribution in [3.8, 4) is 0 Å². The Balaban J connectivity index is 2.23. The second-order valence-electron chi connectivity index (χ2n) is 5.26. The van der Waals surface area contributed by atoms with E-state index in [2.05, 4.69) is 30.8 Å². The summed E-state index contributed by atoms with van der Waals surface area (Å²) in [6.45, 7) is 7.74. The average molecular weight is 214 g/mol. The number of likely N-dealkylation sites (tertiary alicyclic amines) is 1. The van der Waals surface area contributed by atoms with Crippen LogP contribution in [0.1, 0.15) is 26.7 Å². The Morgan fingerprint density at radius 1 is 1.40 bits per heavy atom. The van der Waals surface area contributed by atoms with Crippen LogP contribution in [0.2, 0.25) is 0 Å². The van der Waals surface area contributed by atoms with Gasteiger partial charge in [-0.1, -0.05) is 6.92 Å². The zero-order valence-electron chi connectivity index (χ0n) is 10.6. The Bertz CT molecular complexity index is 182. The Morgan fingerprint density at radius 3 is 2.53 bits per heavy atom. The highest BCUT2D eigenvalue weighted by molar-refractivity contribution is 4.86. The molecule has 1 saturated heterocycles. The molecule has 3 unspecified atom stereocenters. The number of likely N-dealkylation sites (N-methyl/N-ethyl adjacent to an activating group) is 1. The molecule has 0 aliphatic carbocycles. The fourth-order valence-corrected chi connectivity index (χ4v) is 2.51. The van der Waals surface area contributed by atoms with Crippen LogP contribution >= 0.6 is 0 Å². The van der Waals surface area contributed by atoms with Crippen LogP contribution in [-0.4, -0.2) is 60.8 Å². The lowest BCUT2D eigenvalue weighted by molar-refractivity contribution is 0.173. The van der Waals surface area contributed by atoms with E-state index in [9.17, 15) is 5.11 Å². The van der Waals surface area contributed by atoms with Gasteiger partial charge in [-0.3, -0.25) is 0 Å². The van der Waals surface area contributed by atoms with E-state index in [4.69, 9.17) is 0 Å². The molecule has 1 rings (SSSR count). The van der Waals surface area contributed by atoms with Gasteiger partial charge in [0.05, 0.1) is 6.10 Å². The molecule has 3 heteroatoms. The predicted octanol–water partition coefficient (Wildman–Crippen LogP) is 1.03. The van der Waals surface area contributed by atoms with Crippen molar-refractivity contribution < 1.29 is 5.11 Å². The monoisotopic (exact) mass is 214 g/mol. The lowest BCUT2D eigenvalue weighted by Gasteiger charge is -2.22. The molecule has 3 atom stereocenters. The van der Waals surface area contributed by atoms with Crippen molar-refractivity contribution in [1.29, 1.82) is 0 Å². The van der Waals surface area contributed by atoms with E-state index in [1.165, 1.54) is 13.1 Å². The average Bonchev–Trinajstić information content (AvgIpc) is 2.46. The van der Waals surface area contributed by atoms with Gasteiger partial charge in [-0.25, -0.2) is 0 Å². The summed E-state index contributed by atoms with van der Waals surface area (Å²) in [6, 6.07) is 0.705. The highest BCUT2D eigenvalue weighted by atomic mass is 16.3. The zero-order chi connectivity index (χ0) is 11.4. The number of hydrogen-bond donors (Lipinski definition) is 1. The van der Waals surface area contributed by atoms with Crippen LogP contribution in [-0.2, 0) is 0 Å². The van der Waals surface area contributed by atoms with E-state index in [0.29, 0.717) is 6.04 Å². The smallest absolute Gasteiger partial charge is 0.0512 e. The van der Waals surface area contributed by atoms with Gasteiger partial charge in [0.1, 0.15) is 0 Å². The molecule has 1 N–H and O–H groups in total. The molecule has 0 aromatic rings. The lowest BCUT2D eigenvalue weighted by Crippen LogP contribution is -2.34. The first-order valence-corrected chi connectivity index (χ1v) is 6.07. The second-order valence-corrected chi connectivity index (χ2v) is 5.26. The van der Waals surface area contributed by atoms with Crippen LogP contribution < -0.4 is 0 Å². The van der Waals surface area contributed by atoms with Gasteiger partial charge in [-0.15, -0.1) is 0 Å². The minimum absolute atomic E-state index is 0.144. The van der Waals surface area contributed by atoms with Crippen LogP contribution in [0.3, 0.4) is 0 Å². The molecule has 3 nitrogen and oxygen atoms in total. The van der Waals surface area contributed by atoms with Crippen molar-refractivity contribution in [3.05, 3.63) is 0 Å². The summed E-state index contributed by atoms with van der Waals surface area (Å²) in [5, 5.41) is 9.19. The molecule has 0 aromatic heterocycles. The Hall–Kier alpha value is -0.120. The van der Waals surface area contributed by atoms with Gasteiger partial charge in [0, 0.05) is 19.1 Å². The quantitative estimate of drug-likeness (QED) is 0.740. The van der Waals surface area contributed by atoms with Crippen molar-refractivity contribution in [2.75, 3.05) is 33.7 Å². The first kappa shape index (κ1) is 12.9. The summed E-state index contributed by atoms with van der Waals surface area (Å²) in [7, 11) is 4.33. The molecule has 0 amide bonds. The molecule has 90 valence electrons. The van der Waals surface area contributed by atoms with Crippen molar-refractivity contribution in [2.45, 2.75) is 38.8 Å². The van der Waals surface area contributed by atoms with E-state index in [1.54, 1.807) is 0 Å². The number of hydrogen-bond acceptors (Lipinski definition) is 3. The van der Waals surface area contributed by atoms with Crippen LogP contribution in [0.5, 0.6) is 0 Å². The number of rotatable bonds is 5. The Kier molecular flexibility index (Phi) is 5.03. The molecule has 0 spiro atoms. The third-order valence-electron chi connectivity index (χ3n) is 3.41. The first-order chi connectivity index (χ1) is 7.00. The molecule has 0 bridgehead atoms. The van der Waals surface area contributed by atoms with Crippen LogP contribution in [0, 0.1) is 5.92 Å². The van der Waals surface area contributed by atoms with E-state index >= 15 is 0 Å². The van der Waals surface area contributed by atoms with Gasteiger partial charge in [0.2, 0.25) is 0 Å². The first-order valence-electron chi connectivity index (χ1n) is 6.07. The van der Waals surface area contributed by atoms with Crippen molar-refractivity contribution in [1.82, 2.24) is 9.80 Å². The van der Waals surface area contributed by atoms with E-state index in [-0.39, 0.29) is 6.10 Å². The SMILES string of the molecule is CC(O)CCCN1CC(C)C(N(C)C)C1. The molecule has 1 heterocycles. The molecular weight excluding hydrogens is 188 g/mol. The van der Waals surface area contributed by atoms with Gasteiger partial charge < -0.3 is 14.9 Å². The Morgan fingerprint density at radius 2 is 2.07 bits per heavy atom. The topological polar surface area (TPSA) is 26.7 Å². The zero-order valence-corrected chi connectivity index (χ0v) is 10.6. The summed E-state index contributed by atoms with van der Waals surface area (Å²) in [5.41, 5.74) is 0. The molecule has 0 aromatic carbocycles. The summed E-state index contributed by atoms with van der Waals surface area (Å²) in [5.74, 6) is 0.770. The summed E-state index contributed by atoms with van der Waals surface area (Å²) in [6.07, 6.45) is 1.90. The molecule has 0 radical (unpaired) electrons. The van der Waals surface area contributed by atoms with Gasteiger partial charge in [-0.05, 0) is 46.3 Å². The van der Waals surface area contributed by atoms with Crippen LogP contribution in [0.4, 0.5) is 0 Å². The maximum Gasteiger partial charge on any atom is 0.0512 e. The molecule has 0 saturated carbocycles. The molecule has 1 aliphatic rings. The molecule has 1 fully saturated rings. The van der Waals surface area contributed by atoms with E-state index < -0.39 is 0 Å². The normalized spacial score (nSPS) is 30.0. The van der Waals surface area contributed by atoms with Crippen LogP contribution in [0.25, 0.3) is 0 Å². The van der Waals surface area contributed by atoms with Gasteiger partial charge in [0.15, 0.2) is 0 Å². The third-order valence-corrected chi connectivity index (χ3v) is 3.41. The highest BCUT2D eigenvalue weighted by Gasteiger charge is 2.30. The number of aliphatic hydroxyl groups excluding tert-OH is 1. The van der Waals surface area contributed by atoms with E-state index in [0.717, 1.165) is 25.3 Å². The van der Waals surface area contributed by atoms with Crippen molar-refractivity contribution in [3.63, 3.8) is 0 Å². The number of nitrogens with zero attached hydrogens (tertiary/aromatic N) is 2. The van der Waals surface area contributed by atoms with Crippen molar-refractivity contribution >= 4 is 0 Å². The molecule has 15 heavy (non-hydrogen) atoms. The molecular formula is C12H26N2O.